The van der Waals surface area contributed by atoms with Gasteiger partial charge in [-0.05, 0) is 24.1 Å². The minimum atomic E-state index is -0.379. The van der Waals surface area contributed by atoms with Crippen LogP contribution in [0.25, 0.3) is 0 Å². The van der Waals surface area contributed by atoms with Crippen molar-refractivity contribution in [2.24, 2.45) is 5.73 Å². The van der Waals surface area contributed by atoms with Crippen LogP contribution in [0.4, 0.5) is 5.69 Å². The highest BCUT2D eigenvalue weighted by Gasteiger charge is 2.16. The predicted octanol–water partition coefficient (Wildman–Crippen LogP) is 2.85. The predicted molar refractivity (Wildman–Crippen MR) is 76.7 cm³/mol. The van der Waals surface area contributed by atoms with Crippen molar-refractivity contribution in [3.05, 3.63) is 69.8 Å². The summed E-state index contributed by atoms with van der Waals surface area (Å²) in [6.07, 6.45) is 0.420. The third-order valence-electron chi connectivity index (χ3n) is 3.17. The number of nitrogens with two attached hydrogens (primary N) is 1. The Hall–Kier alpha value is -2.40. The van der Waals surface area contributed by atoms with E-state index in [1.807, 2.05) is 24.3 Å². The Labute approximate surface area is 117 Å². The van der Waals surface area contributed by atoms with Gasteiger partial charge in [-0.2, -0.15) is 0 Å². The number of nitrogens with zero attached hydrogens (tertiary/aromatic N) is 1. The van der Waals surface area contributed by atoms with E-state index in [2.05, 4.69) is 0 Å². The van der Waals surface area contributed by atoms with Gasteiger partial charge in [0.05, 0.1) is 12.0 Å². The van der Waals surface area contributed by atoms with Gasteiger partial charge in [0, 0.05) is 17.7 Å². The summed E-state index contributed by atoms with van der Waals surface area (Å²) >= 11 is 0. The van der Waals surface area contributed by atoms with Gasteiger partial charge in [-0.15, -0.1) is 0 Å². The minimum absolute atomic E-state index is 0.108. The van der Waals surface area contributed by atoms with Gasteiger partial charge in [0.25, 0.3) is 5.69 Å². The molecule has 0 aliphatic rings. The fraction of sp³-hybridized carbons (Fsp3) is 0.200. The number of hydrogen-bond donors (Lipinski definition) is 1. The summed E-state index contributed by atoms with van der Waals surface area (Å²) in [6.45, 7) is 0. The normalized spacial score (nSPS) is 11.9. The van der Waals surface area contributed by atoms with Crippen molar-refractivity contribution in [2.75, 3.05) is 7.11 Å². The number of nitro benzene ring substituents is 1. The third-order valence-corrected chi connectivity index (χ3v) is 3.17. The summed E-state index contributed by atoms with van der Waals surface area (Å²) in [5, 5.41) is 11.0. The number of benzene rings is 2. The minimum Gasteiger partial charge on any atom is -0.497 e. The zero-order chi connectivity index (χ0) is 14.5. The molecular formula is C15H16N2O3. The topological polar surface area (TPSA) is 78.4 Å². The highest BCUT2D eigenvalue weighted by molar-refractivity contribution is 5.41. The quantitative estimate of drug-likeness (QED) is 0.670. The second-order valence-electron chi connectivity index (χ2n) is 4.47. The average molecular weight is 272 g/mol. The Morgan fingerprint density at radius 2 is 1.85 bits per heavy atom. The maximum absolute atomic E-state index is 11.0. The van der Waals surface area contributed by atoms with Crippen molar-refractivity contribution >= 4 is 5.69 Å². The zero-order valence-corrected chi connectivity index (χ0v) is 11.2. The molecule has 5 nitrogen and oxygen atoms in total. The smallest absolute Gasteiger partial charge is 0.272 e. The van der Waals surface area contributed by atoms with Crippen LogP contribution in [0.5, 0.6) is 5.75 Å². The zero-order valence-electron chi connectivity index (χ0n) is 11.2. The van der Waals surface area contributed by atoms with E-state index in [0.717, 1.165) is 11.3 Å². The molecule has 0 saturated heterocycles. The molecule has 0 aliphatic heterocycles. The highest BCUT2D eigenvalue weighted by atomic mass is 16.6. The summed E-state index contributed by atoms with van der Waals surface area (Å²) in [5.41, 5.74) is 7.79. The molecule has 2 aromatic carbocycles. The second-order valence-corrected chi connectivity index (χ2v) is 4.47. The van der Waals surface area contributed by atoms with Gasteiger partial charge in [0.2, 0.25) is 0 Å². The largest absolute Gasteiger partial charge is 0.497 e. The maximum atomic E-state index is 11.0. The Kier molecular flexibility index (Phi) is 4.32. The first kappa shape index (κ1) is 14.0. The molecule has 1 unspecified atom stereocenters. The van der Waals surface area contributed by atoms with Crippen molar-refractivity contribution in [3.8, 4) is 5.75 Å². The highest BCUT2D eigenvalue weighted by Crippen LogP contribution is 2.24. The second kappa shape index (κ2) is 6.16. The molecule has 0 aromatic heterocycles. The van der Waals surface area contributed by atoms with Crippen LogP contribution < -0.4 is 10.5 Å². The fourth-order valence-electron chi connectivity index (χ4n) is 2.07. The molecule has 0 spiro atoms. The van der Waals surface area contributed by atoms with Crippen molar-refractivity contribution < 1.29 is 9.66 Å². The van der Waals surface area contributed by atoms with Crippen molar-refractivity contribution in [3.63, 3.8) is 0 Å². The Morgan fingerprint density at radius 1 is 1.20 bits per heavy atom. The van der Waals surface area contributed by atoms with Crippen molar-refractivity contribution in [1.82, 2.24) is 0 Å². The molecule has 0 saturated carbocycles. The van der Waals surface area contributed by atoms with Gasteiger partial charge in [-0.3, -0.25) is 10.1 Å². The van der Waals surface area contributed by atoms with Crippen molar-refractivity contribution in [2.45, 2.75) is 12.5 Å². The van der Waals surface area contributed by atoms with Crippen LogP contribution in [0, 0.1) is 10.1 Å². The molecule has 0 heterocycles. The van der Waals surface area contributed by atoms with E-state index in [0.29, 0.717) is 12.0 Å². The number of rotatable bonds is 5. The third kappa shape index (κ3) is 3.13. The molecule has 5 heteroatoms. The number of methoxy groups -OCH3 is 1. The molecule has 104 valence electrons. The van der Waals surface area contributed by atoms with Crippen LogP contribution in [-0.2, 0) is 6.42 Å². The summed E-state index contributed by atoms with van der Waals surface area (Å²) in [6, 6.07) is 13.8. The molecular weight excluding hydrogens is 256 g/mol. The van der Waals surface area contributed by atoms with Crippen LogP contribution in [0.2, 0.25) is 0 Å². The van der Waals surface area contributed by atoms with Crippen LogP contribution >= 0.6 is 0 Å². The molecule has 2 N–H and O–H groups in total. The number of para-hydroxylation sites is 1. The summed E-state index contributed by atoms with van der Waals surface area (Å²) in [7, 11) is 1.60. The standard InChI is InChI=1S/C15H16N2O3/c1-20-13-8-6-11(7-9-13)14(16)10-12-4-2-3-5-15(12)17(18)19/h2-9,14H,10,16H2,1H3. The first-order chi connectivity index (χ1) is 9.61. The van der Waals surface area contributed by atoms with E-state index < -0.39 is 0 Å². The molecule has 0 aliphatic carbocycles. The van der Waals surface area contributed by atoms with Gasteiger partial charge in [0.1, 0.15) is 5.75 Å². The van der Waals surface area contributed by atoms with Crippen molar-refractivity contribution in [1.29, 1.82) is 0 Å². The van der Waals surface area contributed by atoms with E-state index >= 15 is 0 Å². The molecule has 2 rings (SSSR count). The Morgan fingerprint density at radius 3 is 2.45 bits per heavy atom. The Bertz CT molecular complexity index is 596. The van der Waals surface area contributed by atoms with Crippen LogP contribution in [0.3, 0.4) is 0 Å². The molecule has 0 radical (unpaired) electrons. The number of ether oxygens (including phenoxy) is 1. The maximum Gasteiger partial charge on any atom is 0.272 e. The molecule has 2 aromatic rings. The summed E-state index contributed by atoms with van der Waals surface area (Å²) < 4.78 is 5.09. The van der Waals surface area contributed by atoms with Crippen LogP contribution in [0.1, 0.15) is 17.2 Å². The summed E-state index contributed by atoms with van der Waals surface area (Å²) in [4.78, 5) is 10.6. The fourth-order valence-corrected chi connectivity index (χ4v) is 2.07. The van der Waals surface area contributed by atoms with E-state index in [4.69, 9.17) is 10.5 Å². The Balaban J connectivity index is 2.18. The first-order valence-electron chi connectivity index (χ1n) is 6.23. The van der Waals surface area contributed by atoms with Crippen LogP contribution in [0.15, 0.2) is 48.5 Å². The van der Waals surface area contributed by atoms with Gasteiger partial charge < -0.3 is 10.5 Å². The lowest BCUT2D eigenvalue weighted by molar-refractivity contribution is -0.385. The monoisotopic (exact) mass is 272 g/mol. The van der Waals surface area contributed by atoms with Gasteiger partial charge in [-0.25, -0.2) is 0 Å². The molecule has 0 fully saturated rings. The van der Waals surface area contributed by atoms with E-state index in [-0.39, 0.29) is 16.7 Å². The first-order valence-corrected chi connectivity index (χ1v) is 6.23. The molecule has 1 atom stereocenters. The lowest BCUT2D eigenvalue weighted by Crippen LogP contribution is -2.14. The van der Waals surface area contributed by atoms with E-state index in [1.54, 1.807) is 25.3 Å². The lowest BCUT2D eigenvalue weighted by Gasteiger charge is -2.12. The number of nitro groups is 1. The van der Waals surface area contributed by atoms with Gasteiger partial charge in [0.15, 0.2) is 0 Å². The molecule has 0 amide bonds. The van der Waals surface area contributed by atoms with Gasteiger partial charge in [-0.1, -0.05) is 30.3 Å². The average Bonchev–Trinajstić information content (AvgIpc) is 2.47. The van der Waals surface area contributed by atoms with Gasteiger partial charge >= 0.3 is 0 Å². The van der Waals surface area contributed by atoms with Crippen LogP contribution in [-0.4, -0.2) is 12.0 Å². The lowest BCUT2D eigenvalue weighted by atomic mass is 9.98. The summed E-state index contributed by atoms with van der Waals surface area (Å²) in [5.74, 6) is 0.756. The number of hydrogen-bond acceptors (Lipinski definition) is 4. The van der Waals surface area contributed by atoms with E-state index in [9.17, 15) is 10.1 Å². The molecule has 20 heavy (non-hydrogen) atoms. The molecule has 0 bridgehead atoms. The SMILES string of the molecule is COc1ccc(C(N)Cc2ccccc2[N+](=O)[O-])cc1. The van der Waals surface area contributed by atoms with E-state index in [1.165, 1.54) is 6.07 Å².